The van der Waals surface area contributed by atoms with Gasteiger partial charge < -0.3 is 0 Å². The first kappa shape index (κ1) is 7.77. The number of nitro groups is 1. The average molecular weight is 163 g/mol. The maximum Gasteiger partial charge on any atom is 0.333 e. The van der Waals surface area contributed by atoms with Gasteiger partial charge in [0.1, 0.15) is 0 Å². The highest BCUT2D eigenvalue weighted by atomic mass is 32.2. The molecule has 6 heteroatoms. The average Bonchev–Trinajstić information content (AvgIpc) is 2.35. The molecule has 0 saturated carbocycles. The predicted octanol–water partition coefficient (Wildman–Crippen LogP) is -0.0928. The molecule has 0 spiro atoms. The van der Waals surface area contributed by atoms with Gasteiger partial charge in [-0.15, -0.1) is 0 Å². The molecular formula is C4H9N3O2S. The lowest BCUT2D eigenvalue weighted by molar-refractivity contribution is -0.545. The number of thioether (sulfide) groups is 1. The molecule has 1 fully saturated rings. The molecule has 1 atom stereocenters. The molecule has 0 amide bonds. The Labute approximate surface area is 62.5 Å². The van der Waals surface area contributed by atoms with E-state index in [1.807, 2.05) is 0 Å². The third kappa shape index (κ3) is 1.09. The summed E-state index contributed by atoms with van der Waals surface area (Å²) in [6, 6.07) is 0. The Morgan fingerprint density at radius 1 is 1.80 bits per heavy atom. The van der Waals surface area contributed by atoms with Crippen LogP contribution in [0.3, 0.4) is 0 Å². The molecule has 0 radical (unpaired) electrons. The highest BCUT2D eigenvalue weighted by Crippen LogP contribution is 2.35. The molecular weight excluding hydrogens is 154 g/mol. The molecule has 1 unspecified atom stereocenters. The highest BCUT2D eigenvalue weighted by molar-refractivity contribution is 8.00. The Hall–Kier alpha value is -0.330. The van der Waals surface area contributed by atoms with Gasteiger partial charge in [-0.05, 0) is 6.42 Å². The summed E-state index contributed by atoms with van der Waals surface area (Å²) in [5, 5.41) is 10.4. The fourth-order valence-electron chi connectivity index (χ4n) is 0.935. The van der Waals surface area contributed by atoms with Crippen LogP contribution in [0.5, 0.6) is 0 Å². The van der Waals surface area contributed by atoms with Gasteiger partial charge in [0.15, 0.2) is 0 Å². The molecule has 1 aliphatic heterocycles. The number of rotatable bonds is 2. The second kappa shape index (κ2) is 2.73. The van der Waals surface area contributed by atoms with Crippen molar-refractivity contribution in [1.82, 2.24) is 5.43 Å². The van der Waals surface area contributed by atoms with Crippen molar-refractivity contribution in [3.63, 3.8) is 0 Å². The van der Waals surface area contributed by atoms with E-state index in [9.17, 15) is 10.1 Å². The summed E-state index contributed by atoms with van der Waals surface area (Å²) in [7, 11) is 0. The number of nitrogens with two attached hydrogens (primary N) is 1. The van der Waals surface area contributed by atoms with E-state index in [-0.39, 0.29) is 4.92 Å². The van der Waals surface area contributed by atoms with E-state index < -0.39 is 4.99 Å². The van der Waals surface area contributed by atoms with Crippen LogP contribution in [0.1, 0.15) is 12.8 Å². The zero-order valence-corrected chi connectivity index (χ0v) is 6.19. The van der Waals surface area contributed by atoms with E-state index >= 15 is 0 Å². The molecule has 5 nitrogen and oxygen atoms in total. The number of hydrazine groups is 1. The zero-order valence-electron chi connectivity index (χ0n) is 5.37. The van der Waals surface area contributed by atoms with Gasteiger partial charge in [0.2, 0.25) is 0 Å². The highest BCUT2D eigenvalue weighted by Gasteiger charge is 2.45. The van der Waals surface area contributed by atoms with Crippen molar-refractivity contribution in [2.24, 2.45) is 5.84 Å². The summed E-state index contributed by atoms with van der Waals surface area (Å²) in [6.45, 7) is 0. The first-order valence-electron chi connectivity index (χ1n) is 2.97. The first-order chi connectivity index (χ1) is 4.71. The van der Waals surface area contributed by atoms with Crippen LogP contribution >= 0.6 is 11.8 Å². The van der Waals surface area contributed by atoms with Gasteiger partial charge in [-0.1, -0.05) is 11.8 Å². The molecule has 0 aromatic heterocycles. The number of nitrogens with one attached hydrogen (secondary N) is 1. The third-order valence-electron chi connectivity index (χ3n) is 1.52. The van der Waals surface area contributed by atoms with Gasteiger partial charge >= 0.3 is 4.99 Å². The molecule has 1 aliphatic rings. The molecule has 3 N–H and O–H groups in total. The van der Waals surface area contributed by atoms with Gasteiger partial charge in [0.05, 0.1) is 4.92 Å². The van der Waals surface area contributed by atoms with Crippen LogP contribution in [0.15, 0.2) is 0 Å². The van der Waals surface area contributed by atoms with Crippen molar-refractivity contribution in [1.29, 1.82) is 0 Å². The van der Waals surface area contributed by atoms with Crippen molar-refractivity contribution >= 4 is 11.8 Å². The normalized spacial score (nSPS) is 32.5. The van der Waals surface area contributed by atoms with Crippen LogP contribution in [-0.2, 0) is 0 Å². The van der Waals surface area contributed by atoms with Crippen molar-refractivity contribution in [2.45, 2.75) is 17.8 Å². The number of nitrogens with zero attached hydrogens (tertiary/aromatic N) is 1. The maximum absolute atomic E-state index is 10.4. The van der Waals surface area contributed by atoms with E-state index in [0.717, 1.165) is 12.2 Å². The van der Waals surface area contributed by atoms with Gasteiger partial charge in [-0.2, -0.15) is 5.43 Å². The molecule has 58 valence electrons. The molecule has 0 aliphatic carbocycles. The maximum atomic E-state index is 10.4. The summed E-state index contributed by atoms with van der Waals surface area (Å²) >= 11 is 1.26. The monoisotopic (exact) mass is 163 g/mol. The van der Waals surface area contributed by atoms with Crippen LogP contribution in [0, 0.1) is 10.1 Å². The van der Waals surface area contributed by atoms with Crippen LogP contribution in [0.2, 0.25) is 0 Å². The largest absolute Gasteiger partial charge is 0.333 e. The van der Waals surface area contributed by atoms with Gasteiger partial charge in [0, 0.05) is 12.2 Å². The molecule has 1 saturated heterocycles. The SMILES string of the molecule is NNC1([N+](=O)[O-])CCCS1. The van der Waals surface area contributed by atoms with E-state index in [4.69, 9.17) is 5.84 Å². The van der Waals surface area contributed by atoms with Gasteiger partial charge in [-0.3, -0.25) is 16.0 Å². The Balaban J connectivity index is 2.67. The summed E-state index contributed by atoms with van der Waals surface area (Å²) in [4.78, 5) is 8.94. The summed E-state index contributed by atoms with van der Waals surface area (Å²) in [5.74, 6) is 5.87. The minimum absolute atomic E-state index is 0.356. The quantitative estimate of drug-likeness (QED) is 0.257. The minimum atomic E-state index is -1.10. The molecule has 0 aromatic rings. The molecule has 1 heterocycles. The van der Waals surface area contributed by atoms with E-state index in [1.165, 1.54) is 11.8 Å². The first-order valence-corrected chi connectivity index (χ1v) is 3.96. The van der Waals surface area contributed by atoms with Crippen molar-refractivity contribution in [3.05, 3.63) is 10.1 Å². The topological polar surface area (TPSA) is 81.2 Å². The van der Waals surface area contributed by atoms with Gasteiger partial charge in [-0.25, -0.2) is 0 Å². The standard InChI is InChI=1S/C4H9N3O2S/c5-6-4(7(8)9)2-1-3-10-4/h6H,1-3,5H2. The Bertz CT molecular complexity index is 145. The number of hydrogen-bond donors (Lipinski definition) is 2. The van der Waals surface area contributed by atoms with Crippen LogP contribution < -0.4 is 11.3 Å². The van der Waals surface area contributed by atoms with Crippen LogP contribution in [-0.4, -0.2) is 15.7 Å². The lowest BCUT2D eigenvalue weighted by Crippen LogP contribution is -2.50. The Morgan fingerprint density at radius 2 is 2.50 bits per heavy atom. The number of hydrogen-bond acceptors (Lipinski definition) is 5. The van der Waals surface area contributed by atoms with Crippen molar-refractivity contribution < 1.29 is 4.92 Å². The summed E-state index contributed by atoms with van der Waals surface area (Å²) in [6.07, 6.45) is 1.37. The predicted molar refractivity (Wildman–Crippen MR) is 38.7 cm³/mol. The summed E-state index contributed by atoms with van der Waals surface area (Å²) in [5.41, 5.74) is 2.24. The lowest BCUT2D eigenvalue weighted by Gasteiger charge is -2.16. The van der Waals surface area contributed by atoms with E-state index in [1.54, 1.807) is 0 Å². The van der Waals surface area contributed by atoms with Crippen molar-refractivity contribution in [3.8, 4) is 0 Å². The molecule has 1 rings (SSSR count). The second-order valence-corrected chi connectivity index (χ2v) is 3.51. The fourth-order valence-corrected chi connectivity index (χ4v) is 2.04. The molecule has 0 bridgehead atoms. The lowest BCUT2D eigenvalue weighted by atomic mass is 10.3. The molecule has 0 aromatic carbocycles. The summed E-state index contributed by atoms with van der Waals surface area (Å²) < 4.78 is 0. The van der Waals surface area contributed by atoms with Crippen LogP contribution in [0.25, 0.3) is 0 Å². The van der Waals surface area contributed by atoms with E-state index in [2.05, 4.69) is 5.43 Å². The zero-order chi connectivity index (χ0) is 7.61. The van der Waals surface area contributed by atoms with Crippen LogP contribution in [0.4, 0.5) is 0 Å². The fraction of sp³-hybridized carbons (Fsp3) is 1.00. The third-order valence-corrected chi connectivity index (χ3v) is 2.96. The van der Waals surface area contributed by atoms with Crippen molar-refractivity contribution in [2.75, 3.05) is 5.75 Å². The second-order valence-electron chi connectivity index (χ2n) is 2.14. The minimum Gasteiger partial charge on any atom is -0.265 e. The molecule has 10 heavy (non-hydrogen) atoms. The van der Waals surface area contributed by atoms with Gasteiger partial charge in [0.25, 0.3) is 0 Å². The smallest absolute Gasteiger partial charge is 0.265 e. The Morgan fingerprint density at radius 3 is 2.70 bits per heavy atom. The van der Waals surface area contributed by atoms with E-state index in [0.29, 0.717) is 6.42 Å². The Kier molecular flexibility index (Phi) is 2.12.